The van der Waals surface area contributed by atoms with Crippen LogP contribution >= 0.6 is 0 Å². The van der Waals surface area contributed by atoms with E-state index in [0.29, 0.717) is 0 Å². The fourth-order valence-electron chi connectivity index (χ4n) is 3.67. The van der Waals surface area contributed by atoms with Crippen LogP contribution in [0.3, 0.4) is 0 Å². The first-order valence-corrected chi connectivity index (χ1v) is 9.10. The van der Waals surface area contributed by atoms with Gasteiger partial charge in [0.1, 0.15) is 12.0 Å². The molecule has 7 nitrogen and oxygen atoms in total. The smallest absolute Gasteiger partial charge is 0.116 e. The minimum Gasteiger partial charge on any atom is -0.472 e. The molecule has 0 spiro atoms. The molecule has 0 bridgehead atoms. The molecule has 0 saturated heterocycles. The van der Waals surface area contributed by atoms with E-state index in [0.717, 1.165) is 55.4 Å². The van der Waals surface area contributed by atoms with Crippen LogP contribution in [-0.2, 0) is 0 Å². The molecular formula is C22H14N6O. The summed E-state index contributed by atoms with van der Waals surface area (Å²) in [4.78, 5) is 16.0. The number of pyridine rings is 1. The third kappa shape index (κ3) is 2.52. The molecule has 0 aliphatic rings. The summed E-state index contributed by atoms with van der Waals surface area (Å²) in [5.74, 6) is 0. The second-order valence-corrected chi connectivity index (χ2v) is 6.80. The first kappa shape index (κ1) is 15.8. The maximum Gasteiger partial charge on any atom is 0.116 e. The van der Waals surface area contributed by atoms with Gasteiger partial charge in [0.05, 0.1) is 35.5 Å². The number of aromatic nitrogens is 6. The Kier molecular flexibility index (Phi) is 3.33. The SMILES string of the molecule is c1ncc(-c2ccc3[nH]nc(-c4cc5c(-c6ccoc6)cncc5[nH]4)c3c2)cn1. The molecular weight excluding hydrogens is 364 g/mol. The lowest BCUT2D eigenvalue weighted by molar-refractivity contribution is 0.568. The maximum absolute atomic E-state index is 5.24. The molecule has 0 saturated carbocycles. The van der Waals surface area contributed by atoms with Gasteiger partial charge in [0.2, 0.25) is 0 Å². The van der Waals surface area contributed by atoms with Gasteiger partial charge in [-0.3, -0.25) is 10.1 Å². The van der Waals surface area contributed by atoms with Crippen molar-refractivity contribution >= 4 is 21.8 Å². The van der Waals surface area contributed by atoms with Crippen molar-refractivity contribution in [2.75, 3.05) is 0 Å². The minimum absolute atomic E-state index is 0.855. The van der Waals surface area contributed by atoms with Gasteiger partial charge in [-0.05, 0) is 29.8 Å². The molecule has 0 unspecified atom stereocenters. The van der Waals surface area contributed by atoms with E-state index in [9.17, 15) is 0 Å². The monoisotopic (exact) mass is 378 g/mol. The molecule has 0 atom stereocenters. The number of fused-ring (bicyclic) bond motifs is 2. The zero-order valence-corrected chi connectivity index (χ0v) is 15.1. The first-order valence-electron chi connectivity index (χ1n) is 9.10. The molecule has 0 aliphatic carbocycles. The van der Waals surface area contributed by atoms with E-state index in [1.807, 2.05) is 30.6 Å². The third-order valence-electron chi connectivity index (χ3n) is 5.09. The Hall–Kier alpha value is -4.26. The van der Waals surface area contributed by atoms with Crippen LogP contribution in [0.25, 0.3) is 55.4 Å². The van der Waals surface area contributed by atoms with E-state index >= 15 is 0 Å². The summed E-state index contributed by atoms with van der Waals surface area (Å²) in [5.41, 5.74) is 7.70. The average Bonchev–Trinajstić information content (AvgIpc) is 3.52. The van der Waals surface area contributed by atoms with Gasteiger partial charge < -0.3 is 9.40 Å². The van der Waals surface area contributed by atoms with Gasteiger partial charge >= 0.3 is 0 Å². The number of rotatable bonds is 3. The second kappa shape index (κ2) is 6.13. The third-order valence-corrected chi connectivity index (χ3v) is 5.09. The van der Waals surface area contributed by atoms with E-state index in [1.54, 1.807) is 24.9 Å². The lowest BCUT2D eigenvalue weighted by Crippen LogP contribution is -1.83. The van der Waals surface area contributed by atoms with Gasteiger partial charge in [0.15, 0.2) is 0 Å². The Morgan fingerprint density at radius 2 is 1.69 bits per heavy atom. The fourth-order valence-corrected chi connectivity index (χ4v) is 3.67. The van der Waals surface area contributed by atoms with E-state index < -0.39 is 0 Å². The lowest BCUT2D eigenvalue weighted by Gasteiger charge is -2.01. The largest absolute Gasteiger partial charge is 0.472 e. The number of furan rings is 1. The molecule has 7 heteroatoms. The Labute approximate surface area is 164 Å². The number of hydrogen-bond donors (Lipinski definition) is 2. The molecule has 0 aliphatic heterocycles. The molecule has 6 rings (SSSR count). The van der Waals surface area contributed by atoms with E-state index in [-0.39, 0.29) is 0 Å². The molecule has 2 N–H and O–H groups in total. The molecule has 5 aromatic heterocycles. The van der Waals surface area contributed by atoms with Crippen molar-refractivity contribution in [2.45, 2.75) is 0 Å². The van der Waals surface area contributed by atoms with Crippen molar-refractivity contribution in [3.05, 3.63) is 74.0 Å². The summed E-state index contributed by atoms with van der Waals surface area (Å²) in [6.07, 6.45) is 12.2. The van der Waals surface area contributed by atoms with Gasteiger partial charge in [-0.15, -0.1) is 0 Å². The number of hydrogen-bond acceptors (Lipinski definition) is 5. The van der Waals surface area contributed by atoms with Crippen molar-refractivity contribution in [3.63, 3.8) is 0 Å². The van der Waals surface area contributed by atoms with Gasteiger partial charge in [-0.1, -0.05) is 6.07 Å². The van der Waals surface area contributed by atoms with Crippen LogP contribution in [0, 0.1) is 0 Å². The van der Waals surface area contributed by atoms with Crippen molar-refractivity contribution in [2.24, 2.45) is 0 Å². The number of aromatic amines is 2. The van der Waals surface area contributed by atoms with E-state index in [2.05, 4.69) is 42.3 Å². The van der Waals surface area contributed by atoms with Gasteiger partial charge in [0, 0.05) is 46.1 Å². The first-order chi connectivity index (χ1) is 14.4. The fraction of sp³-hybridized carbons (Fsp3) is 0. The normalized spacial score (nSPS) is 11.4. The van der Waals surface area contributed by atoms with Gasteiger partial charge in [0.25, 0.3) is 0 Å². The van der Waals surface area contributed by atoms with Crippen molar-refractivity contribution < 1.29 is 4.42 Å². The summed E-state index contributed by atoms with van der Waals surface area (Å²) in [7, 11) is 0. The van der Waals surface area contributed by atoms with E-state index in [1.165, 1.54) is 6.33 Å². The van der Waals surface area contributed by atoms with Crippen LogP contribution in [0.4, 0.5) is 0 Å². The van der Waals surface area contributed by atoms with Crippen LogP contribution in [-0.4, -0.2) is 30.1 Å². The van der Waals surface area contributed by atoms with Crippen LogP contribution in [0.1, 0.15) is 0 Å². The molecule has 6 aromatic rings. The Balaban J connectivity index is 1.53. The second-order valence-electron chi connectivity index (χ2n) is 6.80. The predicted octanol–water partition coefficient (Wildman–Crippen LogP) is 4.82. The summed E-state index contributed by atoms with van der Waals surface area (Å²) in [6.45, 7) is 0. The molecule has 0 amide bonds. The molecule has 5 heterocycles. The summed E-state index contributed by atoms with van der Waals surface area (Å²) >= 11 is 0. The highest BCUT2D eigenvalue weighted by atomic mass is 16.3. The number of nitrogens with one attached hydrogen (secondary N) is 2. The summed E-state index contributed by atoms with van der Waals surface area (Å²) in [6, 6.07) is 10.2. The molecule has 138 valence electrons. The lowest BCUT2D eigenvalue weighted by atomic mass is 10.0. The van der Waals surface area contributed by atoms with Gasteiger partial charge in [-0.2, -0.15) is 5.10 Å². The Morgan fingerprint density at radius 3 is 2.55 bits per heavy atom. The predicted molar refractivity (Wildman–Crippen MR) is 110 cm³/mol. The minimum atomic E-state index is 0.855. The molecule has 1 aromatic carbocycles. The molecule has 29 heavy (non-hydrogen) atoms. The van der Waals surface area contributed by atoms with Crippen LogP contribution in [0.2, 0.25) is 0 Å². The quantitative estimate of drug-likeness (QED) is 0.460. The average molecular weight is 378 g/mol. The van der Waals surface area contributed by atoms with Crippen molar-refractivity contribution in [1.82, 2.24) is 30.1 Å². The topological polar surface area (TPSA) is 96.3 Å². The zero-order chi connectivity index (χ0) is 19.2. The van der Waals surface area contributed by atoms with Crippen LogP contribution < -0.4 is 0 Å². The van der Waals surface area contributed by atoms with Crippen molar-refractivity contribution in [1.29, 1.82) is 0 Å². The number of benzene rings is 1. The zero-order valence-electron chi connectivity index (χ0n) is 15.1. The highest BCUT2D eigenvalue weighted by Crippen LogP contribution is 2.34. The molecule has 0 radical (unpaired) electrons. The molecule has 0 fully saturated rings. The van der Waals surface area contributed by atoms with E-state index in [4.69, 9.17) is 4.42 Å². The maximum atomic E-state index is 5.24. The highest BCUT2D eigenvalue weighted by molar-refractivity contribution is 6.01. The number of H-pyrrole nitrogens is 2. The summed E-state index contributed by atoms with van der Waals surface area (Å²) < 4.78 is 5.24. The Bertz CT molecular complexity index is 1450. The Morgan fingerprint density at radius 1 is 0.759 bits per heavy atom. The summed E-state index contributed by atoms with van der Waals surface area (Å²) in [5, 5.41) is 9.77. The van der Waals surface area contributed by atoms with Crippen LogP contribution in [0.15, 0.2) is 78.4 Å². The van der Waals surface area contributed by atoms with Gasteiger partial charge in [-0.25, -0.2) is 9.97 Å². The van der Waals surface area contributed by atoms with Crippen molar-refractivity contribution in [3.8, 4) is 33.6 Å². The highest BCUT2D eigenvalue weighted by Gasteiger charge is 2.15. The van der Waals surface area contributed by atoms with Crippen LogP contribution in [0.5, 0.6) is 0 Å². The standard InChI is InChI=1S/C22H14N6O/c1-2-19-17(5-13(1)15-7-24-12-25-8-15)22(28-27-19)20-6-16-18(14-3-4-29-11-14)9-23-10-21(16)26-20/h1-12,26H,(H,27,28). The number of nitrogens with zero attached hydrogens (tertiary/aromatic N) is 4.